The molecular formula is C18H20F3NO5S. The first-order chi connectivity index (χ1) is 12.9. The number of rotatable bonds is 4. The van der Waals surface area contributed by atoms with Crippen LogP contribution in [0.2, 0.25) is 0 Å². The maximum atomic E-state index is 12.5. The number of ether oxygens (including phenoxy) is 1. The van der Waals surface area contributed by atoms with Gasteiger partial charge in [0.25, 0.3) is 0 Å². The zero-order chi connectivity index (χ0) is 20.7. The first kappa shape index (κ1) is 20.5. The van der Waals surface area contributed by atoms with E-state index in [0.29, 0.717) is 0 Å². The smallest absolute Gasteiger partial charge is 0.441 e. The van der Waals surface area contributed by atoms with E-state index in [2.05, 4.69) is 4.18 Å². The second kappa shape index (κ2) is 6.98. The highest BCUT2D eigenvalue weighted by molar-refractivity contribution is 7.87. The molecule has 1 amide bonds. The average molecular weight is 419 g/mol. The Balaban J connectivity index is 1.80. The zero-order valence-electron chi connectivity index (χ0n) is 15.3. The lowest BCUT2D eigenvalue weighted by molar-refractivity contribution is -0.0524. The van der Waals surface area contributed by atoms with Crippen LogP contribution in [0.25, 0.3) is 0 Å². The third-order valence-corrected chi connectivity index (χ3v) is 5.85. The molecule has 0 aromatic heterocycles. The maximum Gasteiger partial charge on any atom is 0.534 e. The van der Waals surface area contributed by atoms with E-state index in [9.17, 15) is 26.4 Å². The van der Waals surface area contributed by atoms with Gasteiger partial charge in [0, 0.05) is 12.5 Å². The number of alkyl halides is 3. The number of carbonyl (C=O) groups excluding carboxylic acids is 1. The van der Waals surface area contributed by atoms with Crippen molar-refractivity contribution in [3.8, 4) is 0 Å². The number of halogens is 3. The second-order valence-corrected chi connectivity index (χ2v) is 8.81. The van der Waals surface area contributed by atoms with Crippen molar-refractivity contribution < 1.29 is 35.3 Å². The summed E-state index contributed by atoms with van der Waals surface area (Å²) >= 11 is 0. The van der Waals surface area contributed by atoms with Crippen LogP contribution in [0.1, 0.15) is 44.7 Å². The summed E-state index contributed by atoms with van der Waals surface area (Å²) in [5, 5.41) is 0. The molecule has 1 aromatic rings. The van der Waals surface area contributed by atoms with Crippen molar-refractivity contribution in [2.75, 3.05) is 0 Å². The molecule has 1 fully saturated rings. The van der Waals surface area contributed by atoms with Crippen LogP contribution in [-0.2, 0) is 19.0 Å². The third-order valence-electron chi connectivity index (χ3n) is 4.85. The molecule has 1 aromatic carbocycles. The summed E-state index contributed by atoms with van der Waals surface area (Å²) < 4.78 is 69.5. The van der Waals surface area contributed by atoms with Crippen LogP contribution in [0, 0.1) is 0 Å². The molecule has 0 spiro atoms. The number of amides is 1. The Bertz CT molecular complexity index is 880. The van der Waals surface area contributed by atoms with Crippen LogP contribution >= 0.6 is 0 Å². The minimum absolute atomic E-state index is 0.0360. The Hall–Kier alpha value is -2.23. The summed E-state index contributed by atoms with van der Waals surface area (Å²) in [7, 11) is -5.69. The Kier molecular flexibility index (Phi) is 5.11. The monoisotopic (exact) mass is 419 g/mol. The molecule has 3 rings (SSSR count). The number of cyclic esters (lactones) is 1. The van der Waals surface area contributed by atoms with E-state index < -0.39 is 27.3 Å². The molecular weight excluding hydrogens is 399 g/mol. The summed E-state index contributed by atoms with van der Waals surface area (Å²) in [6.07, 6.45) is 1.17. The molecule has 1 heterocycles. The van der Waals surface area contributed by atoms with E-state index in [1.54, 1.807) is 18.7 Å². The van der Waals surface area contributed by atoms with Crippen LogP contribution in [-0.4, -0.2) is 36.6 Å². The van der Waals surface area contributed by atoms with Gasteiger partial charge >= 0.3 is 21.7 Å². The number of hydrogen-bond acceptors (Lipinski definition) is 5. The van der Waals surface area contributed by atoms with Crippen molar-refractivity contribution in [3.63, 3.8) is 0 Å². The molecule has 10 heteroatoms. The second-order valence-electron chi connectivity index (χ2n) is 7.27. The molecule has 0 unspecified atom stereocenters. The van der Waals surface area contributed by atoms with Crippen molar-refractivity contribution in [1.29, 1.82) is 0 Å². The molecule has 1 aliphatic heterocycles. The van der Waals surface area contributed by atoms with Crippen LogP contribution in [0.3, 0.4) is 0 Å². The van der Waals surface area contributed by atoms with Gasteiger partial charge in [-0.05, 0) is 38.3 Å². The van der Waals surface area contributed by atoms with Crippen molar-refractivity contribution in [1.82, 2.24) is 4.90 Å². The minimum Gasteiger partial charge on any atom is -0.441 e. The van der Waals surface area contributed by atoms with Gasteiger partial charge < -0.3 is 8.92 Å². The Morgan fingerprint density at radius 3 is 2.39 bits per heavy atom. The molecule has 6 nitrogen and oxygen atoms in total. The molecule has 0 saturated carbocycles. The highest BCUT2D eigenvalue weighted by atomic mass is 32.2. The Morgan fingerprint density at radius 1 is 1.21 bits per heavy atom. The van der Waals surface area contributed by atoms with Gasteiger partial charge in [0.2, 0.25) is 0 Å². The van der Waals surface area contributed by atoms with Crippen molar-refractivity contribution in [2.24, 2.45) is 0 Å². The lowest BCUT2D eigenvalue weighted by Gasteiger charge is -2.35. The van der Waals surface area contributed by atoms with E-state index in [1.807, 2.05) is 30.3 Å². The van der Waals surface area contributed by atoms with Gasteiger partial charge in [-0.15, -0.1) is 0 Å². The van der Waals surface area contributed by atoms with Gasteiger partial charge in [0.05, 0.1) is 6.04 Å². The zero-order valence-corrected chi connectivity index (χ0v) is 16.1. The SMILES string of the molecule is CC1(C)OC(=O)N([C@H]2CC=C(OS(=O)(=O)C(F)(F)F)CC2)[C@H]1c1ccccc1. The van der Waals surface area contributed by atoms with Crippen LogP contribution < -0.4 is 0 Å². The van der Waals surface area contributed by atoms with Gasteiger partial charge in [-0.3, -0.25) is 4.90 Å². The average Bonchev–Trinajstić information content (AvgIpc) is 2.83. The predicted octanol–water partition coefficient (Wildman–Crippen LogP) is 4.26. The van der Waals surface area contributed by atoms with Gasteiger partial charge in [-0.25, -0.2) is 4.79 Å². The number of nitrogens with zero attached hydrogens (tertiary/aromatic N) is 1. The van der Waals surface area contributed by atoms with E-state index in [0.717, 1.165) is 5.56 Å². The highest BCUT2D eigenvalue weighted by Gasteiger charge is 2.52. The minimum atomic E-state index is -5.69. The Labute approximate surface area is 161 Å². The molecule has 2 atom stereocenters. The molecule has 2 aliphatic rings. The van der Waals surface area contributed by atoms with Crippen molar-refractivity contribution in [3.05, 3.63) is 47.7 Å². The summed E-state index contributed by atoms with van der Waals surface area (Å²) in [6.45, 7) is 3.59. The number of carbonyl (C=O) groups is 1. The standard InChI is InChI=1S/C18H20F3NO5S/c1-17(2)15(12-6-4-3-5-7-12)22(16(23)26-17)13-8-10-14(11-9-13)27-28(24,25)18(19,20)21/h3-7,10,13,15H,8-9,11H2,1-2H3/t13-,15-/m0/s1. The fourth-order valence-corrected chi connectivity index (χ4v) is 4.17. The first-order valence-corrected chi connectivity index (χ1v) is 10.1. The number of benzene rings is 1. The predicted molar refractivity (Wildman–Crippen MR) is 93.4 cm³/mol. The highest BCUT2D eigenvalue weighted by Crippen LogP contribution is 2.44. The van der Waals surface area contributed by atoms with Gasteiger partial charge in [-0.1, -0.05) is 30.3 Å². The quantitative estimate of drug-likeness (QED) is 0.539. The molecule has 154 valence electrons. The van der Waals surface area contributed by atoms with Gasteiger partial charge in [0.1, 0.15) is 11.4 Å². The van der Waals surface area contributed by atoms with Crippen LogP contribution in [0.4, 0.5) is 18.0 Å². The fourth-order valence-electron chi connectivity index (χ4n) is 3.64. The molecule has 1 aliphatic carbocycles. The summed E-state index contributed by atoms with van der Waals surface area (Å²) in [5.41, 5.74) is -5.39. The van der Waals surface area contributed by atoms with Crippen molar-refractivity contribution >= 4 is 16.2 Å². The molecule has 0 bridgehead atoms. The maximum absolute atomic E-state index is 12.5. The molecule has 0 N–H and O–H groups in total. The first-order valence-electron chi connectivity index (χ1n) is 8.68. The largest absolute Gasteiger partial charge is 0.534 e. The van der Waals surface area contributed by atoms with E-state index in [1.165, 1.54) is 6.08 Å². The molecule has 0 radical (unpaired) electrons. The van der Waals surface area contributed by atoms with E-state index in [4.69, 9.17) is 4.74 Å². The number of hydrogen-bond donors (Lipinski definition) is 0. The van der Waals surface area contributed by atoms with Gasteiger partial charge in [0.15, 0.2) is 0 Å². The third kappa shape index (κ3) is 3.82. The van der Waals surface area contributed by atoms with Crippen molar-refractivity contribution in [2.45, 2.75) is 56.3 Å². The lowest BCUT2D eigenvalue weighted by Crippen LogP contribution is -2.41. The lowest BCUT2D eigenvalue weighted by atomic mass is 9.89. The number of allylic oxidation sites excluding steroid dienone is 1. The summed E-state index contributed by atoms with van der Waals surface area (Å²) in [6, 6.07) is 8.59. The van der Waals surface area contributed by atoms with Crippen LogP contribution in [0.15, 0.2) is 42.2 Å². The van der Waals surface area contributed by atoms with E-state index >= 15 is 0 Å². The Morgan fingerprint density at radius 2 is 1.86 bits per heavy atom. The topological polar surface area (TPSA) is 72.9 Å². The summed E-state index contributed by atoms with van der Waals surface area (Å²) in [5.74, 6) is -0.267. The molecule has 28 heavy (non-hydrogen) atoms. The van der Waals surface area contributed by atoms with Gasteiger partial charge in [-0.2, -0.15) is 21.6 Å². The van der Waals surface area contributed by atoms with Crippen LogP contribution in [0.5, 0.6) is 0 Å². The summed E-state index contributed by atoms with van der Waals surface area (Å²) in [4.78, 5) is 14.1. The van der Waals surface area contributed by atoms with E-state index in [-0.39, 0.29) is 37.1 Å². The normalized spacial score (nSPS) is 25.2. The fraction of sp³-hybridized carbons (Fsp3) is 0.500. The molecule has 1 saturated heterocycles.